The summed E-state index contributed by atoms with van der Waals surface area (Å²) < 4.78 is 31.4. The molecule has 0 saturated heterocycles. The number of nitrogens with zero attached hydrogens (tertiary/aromatic N) is 2. The highest BCUT2D eigenvalue weighted by atomic mass is 32.1. The predicted octanol–water partition coefficient (Wildman–Crippen LogP) is 4.70. The van der Waals surface area contributed by atoms with Crippen LogP contribution in [0.5, 0.6) is 17.2 Å². The molecule has 6 nitrogen and oxygen atoms in total. The first-order valence-corrected chi connectivity index (χ1v) is 10.7. The Morgan fingerprint density at radius 3 is 2.13 bits per heavy atom. The van der Waals surface area contributed by atoms with Gasteiger partial charge >= 0.3 is 0 Å². The first-order chi connectivity index (χ1) is 15.0. The molecule has 2 aromatic carbocycles. The third kappa shape index (κ3) is 4.49. The van der Waals surface area contributed by atoms with Crippen LogP contribution in [0.2, 0.25) is 0 Å². The predicted molar refractivity (Wildman–Crippen MR) is 119 cm³/mol. The Kier molecular flexibility index (Phi) is 7.12. The molecule has 1 heterocycles. The topological polar surface area (TPSA) is 62.1 Å². The summed E-state index contributed by atoms with van der Waals surface area (Å²) in [7, 11) is 4.50. The fourth-order valence-electron chi connectivity index (χ4n) is 3.36. The van der Waals surface area contributed by atoms with Crippen molar-refractivity contribution in [2.24, 2.45) is 4.99 Å². The van der Waals surface area contributed by atoms with Crippen LogP contribution in [-0.4, -0.2) is 31.8 Å². The molecule has 0 atom stereocenters. The lowest BCUT2D eigenvalue weighted by Gasteiger charge is -2.12. The van der Waals surface area contributed by atoms with Gasteiger partial charge in [-0.25, -0.2) is 4.39 Å². The molecular weight excluding hydrogens is 419 g/mol. The van der Waals surface area contributed by atoms with Crippen LogP contribution in [0.15, 0.2) is 41.4 Å². The lowest BCUT2D eigenvalue weighted by molar-refractivity contribution is 0.0997. The van der Waals surface area contributed by atoms with E-state index in [9.17, 15) is 9.18 Å². The zero-order valence-corrected chi connectivity index (χ0v) is 19.0. The molecule has 8 heteroatoms. The molecule has 0 aliphatic heterocycles. The number of halogens is 1. The number of carbonyl (C=O) groups excluding carboxylic acids is 1. The number of ether oxygens (including phenoxy) is 3. The summed E-state index contributed by atoms with van der Waals surface area (Å²) in [6.45, 7) is 4.65. The van der Waals surface area contributed by atoms with Crippen molar-refractivity contribution in [3.8, 4) is 28.5 Å². The Labute approximate surface area is 184 Å². The molecule has 0 unspecified atom stereocenters. The number of aryl methyl sites for hydroxylation is 1. The summed E-state index contributed by atoms with van der Waals surface area (Å²) >= 11 is 1.45. The summed E-state index contributed by atoms with van der Waals surface area (Å²) in [6.07, 6.45) is 0.769. The molecule has 0 fully saturated rings. The van der Waals surface area contributed by atoms with Gasteiger partial charge in [-0.3, -0.25) is 4.79 Å². The fraction of sp³-hybridized carbons (Fsp3) is 0.304. The van der Waals surface area contributed by atoms with Crippen LogP contribution in [0.1, 0.15) is 29.1 Å². The van der Waals surface area contributed by atoms with E-state index < -0.39 is 5.91 Å². The van der Waals surface area contributed by atoms with E-state index >= 15 is 0 Å². The largest absolute Gasteiger partial charge is 0.493 e. The third-order valence-electron chi connectivity index (χ3n) is 4.84. The number of rotatable bonds is 7. The van der Waals surface area contributed by atoms with E-state index in [1.807, 2.05) is 18.4 Å². The van der Waals surface area contributed by atoms with Crippen LogP contribution < -0.4 is 19.0 Å². The average Bonchev–Trinajstić information content (AvgIpc) is 3.15. The molecule has 0 saturated carbocycles. The lowest BCUT2D eigenvalue weighted by Crippen LogP contribution is -2.17. The van der Waals surface area contributed by atoms with Crippen molar-refractivity contribution in [1.82, 2.24) is 4.57 Å². The number of hydrogen-bond acceptors (Lipinski definition) is 5. The van der Waals surface area contributed by atoms with E-state index in [1.165, 1.54) is 44.8 Å². The summed E-state index contributed by atoms with van der Waals surface area (Å²) in [4.78, 5) is 19.1. The van der Waals surface area contributed by atoms with Crippen LogP contribution in [-0.2, 0) is 13.0 Å². The summed E-state index contributed by atoms with van der Waals surface area (Å²) in [6, 6.07) is 9.52. The molecule has 0 radical (unpaired) electrons. The van der Waals surface area contributed by atoms with Crippen molar-refractivity contribution in [3.05, 3.63) is 57.5 Å². The van der Waals surface area contributed by atoms with Gasteiger partial charge in [-0.2, -0.15) is 4.99 Å². The molecule has 164 valence electrons. The van der Waals surface area contributed by atoms with E-state index in [0.717, 1.165) is 22.6 Å². The second-order valence-electron chi connectivity index (χ2n) is 6.59. The lowest BCUT2D eigenvalue weighted by atomic mass is 10.1. The molecule has 0 spiro atoms. The first kappa shape index (κ1) is 22.6. The van der Waals surface area contributed by atoms with Crippen molar-refractivity contribution >= 4 is 17.2 Å². The van der Waals surface area contributed by atoms with Crippen LogP contribution in [0.25, 0.3) is 11.3 Å². The number of aromatic nitrogens is 1. The van der Waals surface area contributed by atoms with Gasteiger partial charge in [-0.15, -0.1) is 11.3 Å². The smallest absolute Gasteiger partial charge is 0.279 e. The minimum Gasteiger partial charge on any atom is -0.493 e. The molecule has 0 aliphatic carbocycles. The quantitative estimate of drug-likeness (QED) is 0.530. The highest BCUT2D eigenvalue weighted by Gasteiger charge is 2.18. The number of thiazole rings is 1. The van der Waals surface area contributed by atoms with E-state index in [-0.39, 0.29) is 5.82 Å². The molecule has 1 amide bonds. The average molecular weight is 445 g/mol. The summed E-state index contributed by atoms with van der Waals surface area (Å²) in [5.41, 5.74) is 2.16. The molecule has 3 aromatic rings. The highest BCUT2D eigenvalue weighted by molar-refractivity contribution is 7.09. The van der Waals surface area contributed by atoms with Gasteiger partial charge in [0.2, 0.25) is 5.75 Å². The first-order valence-electron chi connectivity index (χ1n) is 9.84. The monoisotopic (exact) mass is 444 g/mol. The van der Waals surface area contributed by atoms with Gasteiger partial charge < -0.3 is 18.8 Å². The molecule has 1 aromatic heterocycles. The van der Waals surface area contributed by atoms with Gasteiger partial charge in [-0.1, -0.05) is 6.92 Å². The third-order valence-corrected chi connectivity index (χ3v) is 6.07. The Morgan fingerprint density at radius 2 is 1.65 bits per heavy atom. The van der Waals surface area contributed by atoms with Crippen molar-refractivity contribution in [1.29, 1.82) is 0 Å². The van der Waals surface area contributed by atoms with Gasteiger partial charge in [0.25, 0.3) is 5.91 Å². The van der Waals surface area contributed by atoms with Crippen molar-refractivity contribution < 1.29 is 23.4 Å². The van der Waals surface area contributed by atoms with E-state index in [0.29, 0.717) is 34.2 Å². The maximum atomic E-state index is 13.4. The van der Waals surface area contributed by atoms with Crippen molar-refractivity contribution in [2.75, 3.05) is 21.3 Å². The van der Waals surface area contributed by atoms with Gasteiger partial charge in [-0.05, 0) is 55.3 Å². The number of benzene rings is 2. The number of amides is 1. The van der Waals surface area contributed by atoms with E-state index in [2.05, 4.69) is 4.99 Å². The van der Waals surface area contributed by atoms with E-state index in [4.69, 9.17) is 14.2 Å². The molecular formula is C23H25FN2O4S. The number of carbonyl (C=O) groups is 1. The second kappa shape index (κ2) is 9.78. The minimum atomic E-state index is -0.420. The normalized spacial score (nSPS) is 11.5. The number of methoxy groups -OCH3 is 3. The maximum Gasteiger partial charge on any atom is 0.279 e. The number of hydrogen-bond donors (Lipinski definition) is 0. The summed E-state index contributed by atoms with van der Waals surface area (Å²) in [5, 5.41) is 0. The molecule has 0 aliphatic rings. The highest BCUT2D eigenvalue weighted by Crippen LogP contribution is 2.38. The van der Waals surface area contributed by atoms with Gasteiger partial charge in [0, 0.05) is 17.0 Å². The van der Waals surface area contributed by atoms with Crippen LogP contribution >= 0.6 is 11.3 Å². The Morgan fingerprint density at radius 1 is 1.03 bits per heavy atom. The zero-order chi connectivity index (χ0) is 22.5. The van der Waals surface area contributed by atoms with Gasteiger partial charge in [0.05, 0.1) is 27.0 Å². The van der Waals surface area contributed by atoms with Crippen LogP contribution in [0, 0.1) is 5.82 Å². The Balaban J connectivity index is 2.14. The van der Waals surface area contributed by atoms with Crippen molar-refractivity contribution in [2.45, 2.75) is 26.8 Å². The Bertz CT molecular complexity index is 1120. The van der Waals surface area contributed by atoms with Gasteiger partial charge in [0.1, 0.15) is 5.82 Å². The van der Waals surface area contributed by atoms with Crippen LogP contribution in [0.4, 0.5) is 4.39 Å². The SMILES string of the molecule is CCc1sc(=NC(=O)c2cc(OC)c(OC)c(OC)c2)n(CC)c1-c1ccc(F)cc1. The standard InChI is InChI=1S/C23H25FN2O4S/c1-6-19-20(14-8-10-16(24)11-9-14)26(7-2)23(31-19)25-22(27)15-12-17(28-3)21(30-5)18(13-15)29-4/h8-13H,6-7H2,1-5H3. The maximum absolute atomic E-state index is 13.4. The second-order valence-corrected chi connectivity index (χ2v) is 7.65. The fourth-order valence-corrected chi connectivity index (χ4v) is 4.51. The van der Waals surface area contributed by atoms with Gasteiger partial charge in [0.15, 0.2) is 16.3 Å². The van der Waals surface area contributed by atoms with Crippen LogP contribution in [0.3, 0.4) is 0 Å². The minimum absolute atomic E-state index is 0.289. The van der Waals surface area contributed by atoms with E-state index in [1.54, 1.807) is 24.3 Å². The molecule has 0 bridgehead atoms. The van der Waals surface area contributed by atoms with Crippen molar-refractivity contribution in [3.63, 3.8) is 0 Å². The molecule has 0 N–H and O–H groups in total. The molecule has 31 heavy (non-hydrogen) atoms. The summed E-state index contributed by atoms with van der Waals surface area (Å²) in [5.74, 6) is 0.471. The zero-order valence-electron chi connectivity index (χ0n) is 18.2. The Hall–Kier alpha value is -3.13. The molecule has 3 rings (SSSR count).